The van der Waals surface area contributed by atoms with Crippen LogP contribution in [0.1, 0.15) is 23.1 Å². The van der Waals surface area contributed by atoms with Gasteiger partial charge in [-0.2, -0.15) is 0 Å². The van der Waals surface area contributed by atoms with Crippen LogP contribution in [0.2, 0.25) is 0 Å². The minimum atomic E-state index is -3.41. The van der Waals surface area contributed by atoms with Crippen LogP contribution >= 0.6 is 0 Å². The molecule has 0 saturated heterocycles. The molecule has 0 unspecified atom stereocenters. The number of benzene rings is 2. The molecule has 128 valence electrons. The Labute approximate surface area is 142 Å². The standard InChI is InChI=1S/C18H21NO4S/c1-14-5-2-3-6-16(14)13-24(20,21)19-12-15-7-8-17-18(11-15)23-10-4-9-22-17/h2-3,5-8,11,19H,4,9-10,12-13H2,1H3. The van der Waals surface area contributed by atoms with Crippen LogP contribution in [0, 0.1) is 6.92 Å². The molecule has 24 heavy (non-hydrogen) atoms. The van der Waals surface area contributed by atoms with Gasteiger partial charge in [-0.1, -0.05) is 30.3 Å². The number of sulfonamides is 1. The van der Waals surface area contributed by atoms with Crippen molar-refractivity contribution < 1.29 is 17.9 Å². The summed E-state index contributed by atoms with van der Waals surface area (Å²) in [5.74, 6) is 1.35. The second-order valence-electron chi connectivity index (χ2n) is 5.84. The molecule has 0 bridgehead atoms. The average Bonchev–Trinajstić information content (AvgIpc) is 2.80. The Morgan fingerprint density at radius 2 is 1.79 bits per heavy atom. The fourth-order valence-corrected chi connectivity index (χ4v) is 3.76. The maximum atomic E-state index is 12.3. The smallest absolute Gasteiger partial charge is 0.216 e. The van der Waals surface area contributed by atoms with E-state index in [2.05, 4.69) is 4.72 Å². The van der Waals surface area contributed by atoms with Gasteiger partial charge in [0, 0.05) is 13.0 Å². The summed E-state index contributed by atoms with van der Waals surface area (Å²) < 4.78 is 38.5. The molecule has 0 fully saturated rings. The van der Waals surface area contributed by atoms with Crippen LogP contribution in [0.4, 0.5) is 0 Å². The highest BCUT2D eigenvalue weighted by molar-refractivity contribution is 7.88. The lowest BCUT2D eigenvalue weighted by Crippen LogP contribution is -2.25. The third-order valence-electron chi connectivity index (χ3n) is 3.91. The van der Waals surface area contributed by atoms with Crippen LogP contribution < -0.4 is 14.2 Å². The van der Waals surface area contributed by atoms with Crippen molar-refractivity contribution in [3.63, 3.8) is 0 Å². The van der Waals surface area contributed by atoms with Crippen molar-refractivity contribution in [1.29, 1.82) is 0 Å². The highest BCUT2D eigenvalue weighted by Crippen LogP contribution is 2.30. The summed E-state index contributed by atoms with van der Waals surface area (Å²) >= 11 is 0. The first-order chi connectivity index (χ1) is 11.5. The van der Waals surface area contributed by atoms with Gasteiger partial charge in [0.2, 0.25) is 10.0 Å². The van der Waals surface area contributed by atoms with Gasteiger partial charge in [0.15, 0.2) is 11.5 Å². The highest BCUT2D eigenvalue weighted by atomic mass is 32.2. The van der Waals surface area contributed by atoms with Crippen molar-refractivity contribution in [3.8, 4) is 11.5 Å². The summed E-state index contributed by atoms with van der Waals surface area (Å²) in [4.78, 5) is 0. The van der Waals surface area contributed by atoms with Crippen LogP contribution in [-0.4, -0.2) is 21.6 Å². The molecule has 2 aromatic rings. The fourth-order valence-electron chi connectivity index (χ4n) is 2.54. The quantitative estimate of drug-likeness (QED) is 0.903. The molecule has 2 aromatic carbocycles. The third-order valence-corrected chi connectivity index (χ3v) is 5.19. The van der Waals surface area contributed by atoms with Crippen LogP contribution in [0.5, 0.6) is 11.5 Å². The molecule has 0 radical (unpaired) electrons. The summed E-state index contributed by atoms with van der Waals surface area (Å²) in [6.07, 6.45) is 0.840. The lowest BCUT2D eigenvalue weighted by Gasteiger charge is -2.11. The van der Waals surface area contributed by atoms with E-state index in [4.69, 9.17) is 9.47 Å². The Kier molecular flexibility index (Phi) is 5.06. The van der Waals surface area contributed by atoms with E-state index in [1.165, 1.54) is 0 Å². The van der Waals surface area contributed by atoms with Crippen molar-refractivity contribution >= 4 is 10.0 Å². The second-order valence-corrected chi connectivity index (χ2v) is 7.65. The van der Waals surface area contributed by atoms with Gasteiger partial charge in [0.1, 0.15) is 0 Å². The Balaban J connectivity index is 1.66. The number of aryl methyl sites for hydroxylation is 1. The molecule has 0 spiro atoms. The number of ether oxygens (including phenoxy) is 2. The van der Waals surface area contributed by atoms with Gasteiger partial charge in [0.25, 0.3) is 0 Å². The second kappa shape index (κ2) is 7.23. The van der Waals surface area contributed by atoms with E-state index in [0.29, 0.717) is 24.7 Å². The highest BCUT2D eigenvalue weighted by Gasteiger charge is 2.14. The van der Waals surface area contributed by atoms with Gasteiger partial charge in [-0.15, -0.1) is 0 Å². The molecule has 0 amide bonds. The number of fused-ring (bicyclic) bond motifs is 1. The van der Waals surface area contributed by atoms with Crippen molar-refractivity contribution in [2.75, 3.05) is 13.2 Å². The Morgan fingerprint density at radius 3 is 2.58 bits per heavy atom. The van der Waals surface area contributed by atoms with E-state index in [1.807, 2.05) is 49.4 Å². The van der Waals surface area contributed by atoms with E-state index in [1.54, 1.807) is 0 Å². The molecule has 5 nitrogen and oxygen atoms in total. The molecule has 0 saturated carbocycles. The Bertz CT molecular complexity index is 818. The first kappa shape index (κ1) is 16.8. The molecular formula is C18H21NO4S. The SMILES string of the molecule is Cc1ccccc1CS(=O)(=O)NCc1ccc2c(c1)OCCCO2. The van der Waals surface area contributed by atoms with E-state index in [0.717, 1.165) is 23.1 Å². The predicted molar refractivity (Wildman–Crippen MR) is 92.7 cm³/mol. The summed E-state index contributed by atoms with van der Waals surface area (Å²) in [5.41, 5.74) is 2.62. The van der Waals surface area contributed by atoms with Gasteiger partial charge in [-0.25, -0.2) is 13.1 Å². The minimum absolute atomic E-state index is 0.0236. The zero-order valence-corrected chi connectivity index (χ0v) is 14.4. The Morgan fingerprint density at radius 1 is 1.04 bits per heavy atom. The minimum Gasteiger partial charge on any atom is -0.490 e. The summed E-state index contributed by atoms with van der Waals surface area (Å²) in [7, 11) is -3.41. The average molecular weight is 347 g/mol. The van der Waals surface area contributed by atoms with Gasteiger partial charge in [-0.3, -0.25) is 0 Å². The van der Waals surface area contributed by atoms with Crippen molar-refractivity contribution in [3.05, 3.63) is 59.2 Å². The molecular weight excluding hydrogens is 326 g/mol. The van der Waals surface area contributed by atoms with Crippen molar-refractivity contribution in [2.24, 2.45) is 0 Å². The summed E-state index contributed by atoms with van der Waals surface area (Å²) in [5, 5.41) is 0. The van der Waals surface area contributed by atoms with E-state index in [9.17, 15) is 8.42 Å². The first-order valence-corrected chi connectivity index (χ1v) is 9.59. The number of rotatable bonds is 5. The van der Waals surface area contributed by atoms with Gasteiger partial charge in [0.05, 0.1) is 19.0 Å². The monoisotopic (exact) mass is 347 g/mol. The van der Waals surface area contributed by atoms with Crippen LogP contribution in [0.25, 0.3) is 0 Å². The summed E-state index contributed by atoms with van der Waals surface area (Å²) in [6, 6.07) is 13.0. The fraction of sp³-hybridized carbons (Fsp3) is 0.333. The number of hydrogen-bond donors (Lipinski definition) is 1. The van der Waals surface area contributed by atoms with Gasteiger partial charge in [-0.05, 0) is 35.7 Å². The molecule has 3 rings (SSSR count). The van der Waals surface area contributed by atoms with E-state index < -0.39 is 10.0 Å². The van der Waals surface area contributed by atoms with Crippen molar-refractivity contribution in [1.82, 2.24) is 4.72 Å². The molecule has 1 heterocycles. The lowest BCUT2D eigenvalue weighted by atomic mass is 10.1. The molecule has 0 atom stereocenters. The third kappa shape index (κ3) is 4.27. The van der Waals surface area contributed by atoms with Gasteiger partial charge < -0.3 is 9.47 Å². The topological polar surface area (TPSA) is 64.6 Å². The van der Waals surface area contributed by atoms with E-state index in [-0.39, 0.29) is 12.3 Å². The normalized spacial score (nSPS) is 14.2. The summed E-state index contributed by atoms with van der Waals surface area (Å²) in [6.45, 7) is 3.38. The van der Waals surface area contributed by atoms with Crippen LogP contribution in [0.15, 0.2) is 42.5 Å². The maximum absolute atomic E-state index is 12.3. The molecule has 0 aliphatic carbocycles. The predicted octanol–water partition coefficient (Wildman–Crippen LogP) is 2.78. The largest absolute Gasteiger partial charge is 0.490 e. The van der Waals surface area contributed by atoms with E-state index >= 15 is 0 Å². The zero-order valence-electron chi connectivity index (χ0n) is 13.6. The Hall–Kier alpha value is -2.05. The molecule has 1 aliphatic heterocycles. The lowest BCUT2D eigenvalue weighted by molar-refractivity contribution is 0.297. The number of hydrogen-bond acceptors (Lipinski definition) is 4. The molecule has 1 N–H and O–H groups in total. The van der Waals surface area contributed by atoms with Crippen molar-refractivity contribution in [2.45, 2.75) is 25.6 Å². The first-order valence-electron chi connectivity index (χ1n) is 7.94. The van der Waals surface area contributed by atoms with Crippen LogP contribution in [-0.2, 0) is 22.3 Å². The molecule has 6 heteroatoms. The molecule has 0 aromatic heterocycles. The number of nitrogens with one attached hydrogen (secondary N) is 1. The maximum Gasteiger partial charge on any atom is 0.216 e. The van der Waals surface area contributed by atoms with Gasteiger partial charge >= 0.3 is 0 Å². The zero-order chi connectivity index (χ0) is 17.0. The molecule has 1 aliphatic rings. The van der Waals surface area contributed by atoms with Crippen LogP contribution in [0.3, 0.4) is 0 Å².